The Labute approximate surface area is 99.0 Å². The van der Waals surface area contributed by atoms with Gasteiger partial charge in [0, 0.05) is 11.3 Å². The molecule has 0 fully saturated rings. The Bertz CT molecular complexity index is 578. The predicted octanol–water partition coefficient (Wildman–Crippen LogP) is 2.83. The minimum Gasteiger partial charge on any atom is -0.488 e. The average Bonchev–Trinajstić information content (AvgIpc) is 2.36. The van der Waals surface area contributed by atoms with Gasteiger partial charge in [0.05, 0.1) is 5.56 Å². The highest BCUT2D eigenvalue weighted by Crippen LogP contribution is 2.26. The first kappa shape index (κ1) is 9.90. The maximum Gasteiger partial charge on any atom is 0.259 e. The van der Waals surface area contributed by atoms with Crippen molar-refractivity contribution in [3.05, 3.63) is 59.7 Å². The third-order valence-electron chi connectivity index (χ3n) is 2.78. The molecule has 3 heteroatoms. The van der Waals surface area contributed by atoms with Crippen molar-refractivity contribution < 1.29 is 9.53 Å². The summed E-state index contributed by atoms with van der Waals surface area (Å²) in [6, 6.07) is 14.9. The molecule has 1 heterocycles. The highest BCUT2D eigenvalue weighted by atomic mass is 16.5. The summed E-state index contributed by atoms with van der Waals surface area (Å²) in [7, 11) is 0. The molecule has 0 saturated carbocycles. The summed E-state index contributed by atoms with van der Waals surface area (Å²) < 4.78 is 5.66. The number of carbonyl (C=O) groups excluding carboxylic acids is 1. The van der Waals surface area contributed by atoms with E-state index in [9.17, 15) is 4.79 Å². The second-order valence-corrected chi connectivity index (χ2v) is 3.90. The summed E-state index contributed by atoms with van der Waals surface area (Å²) in [5.74, 6) is 0.493. The first-order valence-electron chi connectivity index (χ1n) is 5.46. The normalized spacial score (nSPS) is 13.5. The van der Waals surface area contributed by atoms with E-state index < -0.39 is 0 Å². The topological polar surface area (TPSA) is 38.3 Å². The first-order chi connectivity index (χ1) is 8.34. The molecule has 1 aliphatic heterocycles. The number of fused-ring (bicyclic) bond motifs is 2. The number of rotatable bonds is 0. The molecule has 2 aromatic rings. The van der Waals surface area contributed by atoms with Gasteiger partial charge in [-0.3, -0.25) is 4.79 Å². The third kappa shape index (κ3) is 1.76. The van der Waals surface area contributed by atoms with Gasteiger partial charge in [-0.15, -0.1) is 0 Å². The molecule has 1 aliphatic rings. The van der Waals surface area contributed by atoms with E-state index in [4.69, 9.17) is 4.74 Å². The first-order valence-corrected chi connectivity index (χ1v) is 5.46. The quantitative estimate of drug-likeness (QED) is 0.748. The number of ether oxygens (including phenoxy) is 1. The van der Waals surface area contributed by atoms with Gasteiger partial charge < -0.3 is 10.1 Å². The Morgan fingerprint density at radius 1 is 1.00 bits per heavy atom. The molecule has 0 radical (unpaired) electrons. The van der Waals surface area contributed by atoms with Gasteiger partial charge in [0.1, 0.15) is 12.4 Å². The molecule has 0 saturated heterocycles. The lowest BCUT2D eigenvalue weighted by molar-refractivity contribution is 0.102. The molecule has 0 aromatic heterocycles. The minimum absolute atomic E-state index is 0.132. The van der Waals surface area contributed by atoms with Crippen LogP contribution in [-0.4, -0.2) is 5.91 Å². The van der Waals surface area contributed by atoms with Gasteiger partial charge in [0.2, 0.25) is 0 Å². The molecule has 3 rings (SSSR count). The zero-order valence-electron chi connectivity index (χ0n) is 9.14. The van der Waals surface area contributed by atoms with Crippen LogP contribution >= 0.6 is 0 Å². The zero-order valence-corrected chi connectivity index (χ0v) is 9.14. The van der Waals surface area contributed by atoms with E-state index in [1.807, 2.05) is 42.5 Å². The molecule has 84 valence electrons. The van der Waals surface area contributed by atoms with Crippen LogP contribution in [0.2, 0.25) is 0 Å². The van der Waals surface area contributed by atoms with E-state index >= 15 is 0 Å². The van der Waals surface area contributed by atoms with Crippen LogP contribution in [0, 0.1) is 0 Å². The Morgan fingerprint density at radius 2 is 1.76 bits per heavy atom. The van der Waals surface area contributed by atoms with Crippen LogP contribution in [0.15, 0.2) is 48.5 Å². The number of carbonyl (C=O) groups is 1. The molecule has 17 heavy (non-hydrogen) atoms. The molecule has 0 bridgehead atoms. The van der Waals surface area contributed by atoms with Crippen LogP contribution in [0.1, 0.15) is 15.9 Å². The fraction of sp³-hybridized carbons (Fsp3) is 0.0714. The SMILES string of the molecule is O=C1Nc2ccccc2COc2ccccc21. The molecule has 0 aliphatic carbocycles. The predicted molar refractivity (Wildman–Crippen MR) is 65.2 cm³/mol. The highest BCUT2D eigenvalue weighted by molar-refractivity contribution is 6.06. The van der Waals surface area contributed by atoms with Crippen LogP contribution in [-0.2, 0) is 6.61 Å². The van der Waals surface area contributed by atoms with Crippen molar-refractivity contribution in [2.45, 2.75) is 6.61 Å². The summed E-state index contributed by atoms with van der Waals surface area (Å²) in [6.45, 7) is 0.466. The fourth-order valence-electron chi connectivity index (χ4n) is 1.89. The lowest BCUT2D eigenvalue weighted by Gasteiger charge is -2.18. The maximum absolute atomic E-state index is 12.0. The number of hydrogen-bond donors (Lipinski definition) is 1. The van der Waals surface area contributed by atoms with Crippen molar-refractivity contribution in [1.82, 2.24) is 0 Å². The smallest absolute Gasteiger partial charge is 0.259 e. The monoisotopic (exact) mass is 225 g/mol. The molecule has 0 atom stereocenters. The molecular weight excluding hydrogens is 214 g/mol. The number of amides is 1. The van der Waals surface area contributed by atoms with E-state index in [0.29, 0.717) is 17.9 Å². The van der Waals surface area contributed by atoms with E-state index in [0.717, 1.165) is 11.3 Å². The molecule has 1 amide bonds. The molecule has 1 N–H and O–H groups in total. The van der Waals surface area contributed by atoms with Crippen molar-refractivity contribution >= 4 is 11.6 Å². The maximum atomic E-state index is 12.0. The molecule has 2 aromatic carbocycles. The number of benzene rings is 2. The molecular formula is C14H11NO2. The van der Waals surface area contributed by atoms with Gasteiger partial charge in [-0.1, -0.05) is 30.3 Å². The van der Waals surface area contributed by atoms with Crippen molar-refractivity contribution in [2.24, 2.45) is 0 Å². The lowest BCUT2D eigenvalue weighted by atomic mass is 10.1. The van der Waals surface area contributed by atoms with Gasteiger partial charge in [-0.25, -0.2) is 0 Å². The number of nitrogens with one attached hydrogen (secondary N) is 1. The lowest BCUT2D eigenvalue weighted by Crippen LogP contribution is -2.17. The van der Waals surface area contributed by atoms with E-state index in [1.54, 1.807) is 6.07 Å². The van der Waals surface area contributed by atoms with Crippen LogP contribution in [0.5, 0.6) is 5.75 Å². The second kappa shape index (κ2) is 3.94. The highest BCUT2D eigenvalue weighted by Gasteiger charge is 2.17. The van der Waals surface area contributed by atoms with Gasteiger partial charge in [0.15, 0.2) is 0 Å². The fourth-order valence-corrected chi connectivity index (χ4v) is 1.89. The summed E-state index contributed by atoms with van der Waals surface area (Å²) >= 11 is 0. The van der Waals surface area contributed by atoms with Crippen LogP contribution < -0.4 is 10.1 Å². The van der Waals surface area contributed by atoms with Gasteiger partial charge >= 0.3 is 0 Å². The van der Waals surface area contributed by atoms with Gasteiger partial charge in [-0.2, -0.15) is 0 Å². The standard InChI is InChI=1S/C14H11NO2/c16-14-11-6-2-4-8-13(11)17-9-10-5-1-3-7-12(10)15-14/h1-8H,9H2,(H,15,16). The van der Waals surface area contributed by atoms with Gasteiger partial charge in [-0.05, 0) is 18.2 Å². The Kier molecular flexibility index (Phi) is 2.29. The second-order valence-electron chi connectivity index (χ2n) is 3.90. The average molecular weight is 225 g/mol. The molecule has 0 unspecified atom stereocenters. The Balaban J connectivity index is 2.06. The minimum atomic E-state index is -0.132. The summed E-state index contributed by atoms with van der Waals surface area (Å²) in [5.41, 5.74) is 2.37. The number of anilines is 1. The largest absolute Gasteiger partial charge is 0.488 e. The number of para-hydroxylation sites is 2. The van der Waals surface area contributed by atoms with Crippen molar-refractivity contribution in [3.8, 4) is 5.75 Å². The molecule has 3 nitrogen and oxygen atoms in total. The molecule has 0 spiro atoms. The zero-order chi connectivity index (χ0) is 11.7. The van der Waals surface area contributed by atoms with E-state index in [2.05, 4.69) is 5.32 Å². The van der Waals surface area contributed by atoms with E-state index in [-0.39, 0.29) is 5.91 Å². The third-order valence-corrected chi connectivity index (χ3v) is 2.78. The van der Waals surface area contributed by atoms with Crippen molar-refractivity contribution in [2.75, 3.05) is 5.32 Å². The number of hydrogen-bond acceptors (Lipinski definition) is 2. The summed E-state index contributed by atoms with van der Waals surface area (Å²) in [6.07, 6.45) is 0. The van der Waals surface area contributed by atoms with Crippen LogP contribution in [0.4, 0.5) is 5.69 Å². The van der Waals surface area contributed by atoms with Gasteiger partial charge in [0.25, 0.3) is 5.91 Å². The van der Waals surface area contributed by atoms with Crippen molar-refractivity contribution in [1.29, 1.82) is 0 Å². The summed E-state index contributed by atoms with van der Waals surface area (Å²) in [5, 5.41) is 2.90. The Morgan fingerprint density at radius 3 is 2.71 bits per heavy atom. The van der Waals surface area contributed by atoms with Crippen LogP contribution in [0.25, 0.3) is 0 Å². The van der Waals surface area contributed by atoms with Crippen molar-refractivity contribution in [3.63, 3.8) is 0 Å². The van der Waals surface area contributed by atoms with E-state index in [1.165, 1.54) is 0 Å². The summed E-state index contributed by atoms with van der Waals surface area (Å²) in [4.78, 5) is 12.0. The van der Waals surface area contributed by atoms with Crippen LogP contribution in [0.3, 0.4) is 0 Å². The Hall–Kier alpha value is -2.29.